The molecule has 0 fully saturated rings. The number of hydrogen-bond acceptors (Lipinski definition) is 4. The highest BCUT2D eigenvalue weighted by molar-refractivity contribution is 7.80. The number of aliphatic hydroxyl groups excluding tert-OH is 1. The molecule has 0 radical (unpaired) electrons. The number of aliphatic hydroxyl groups is 1. The average molecular weight is 239 g/mol. The van der Waals surface area contributed by atoms with Gasteiger partial charge in [-0.1, -0.05) is 12.2 Å². The van der Waals surface area contributed by atoms with Gasteiger partial charge in [0.1, 0.15) is 10.7 Å². The molecule has 0 aliphatic carbocycles. The summed E-state index contributed by atoms with van der Waals surface area (Å²) in [5, 5.41) is 12.4. The van der Waals surface area contributed by atoms with E-state index in [0.29, 0.717) is 16.4 Å². The molecule has 88 valence electrons. The van der Waals surface area contributed by atoms with E-state index in [1.807, 2.05) is 20.8 Å². The maximum atomic E-state index is 9.29. The summed E-state index contributed by atoms with van der Waals surface area (Å²) in [5.41, 5.74) is 1.07. The zero-order valence-corrected chi connectivity index (χ0v) is 10.8. The first-order valence-electron chi connectivity index (χ1n) is 5.12. The first-order chi connectivity index (χ1) is 7.29. The molecule has 0 aliphatic rings. The molecular weight excluding hydrogens is 222 g/mol. The van der Waals surface area contributed by atoms with E-state index in [4.69, 9.17) is 12.2 Å². The maximum absolute atomic E-state index is 9.29. The van der Waals surface area contributed by atoms with Crippen LogP contribution in [0.15, 0.2) is 12.4 Å². The number of rotatable bonds is 2. The molecule has 1 rings (SSSR count). The van der Waals surface area contributed by atoms with E-state index in [9.17, 15) is 5.11 Å². The second-order valence-corrected chi connectivity index (χ2v) is 5.11. The van der Waals surface area contributed by atoms with Crippen LogP contribution in [-0.2, 0) is 0 Å². The molecule has 5 heteroatoms. The molecule has 4 nitrogen and oxygen atoms in total. The van der Waals surface area contributed by atoms with Crippen LogP contribution in [0.5, 0.6) is 0 Å². The summed E-state index contributed by atoms with van der Waals surface area (Å²) < 4.78 is 0. The number of nitrogens with one attached hydrogen (secondary N) is 1. The lowest BCUT2D eigenvalue weighted by Crippen LogP contribution is -2.40. The molecule has 0 aliphatic heterocycles. The Kier molecular flexibility index (Phi) is 3.93. The third kappa shape index (κ3) is 3.83. The first kappa shape index (κ1) is 13.0. The van der Waals surface area contributed by atoms with Crippen LogP contribution >= 0.6 is 12.2 Å². The van der Waals surface area contributed by atoms with Gasteiger partial charge in [0.2, 0.25) is 0 Å². The van der Waals surface area contributed by atoms with Gasteiger partial charge in [0.15, 0.2) is 0 Å². The molecule has 0 amide bonds. The van der Waals surface area contributed by atoms with Crippen LogP contribution in [0, 0.1) is 0 Å². The molecular formula is C11H17N3OS. The zero-order valence-electron chi connectivity index (χ0n) is 9.98. The molecule has 1 unspecified atom stereocenters. The smallest absolute Gasteiger partial charge is 0.127 e. The molecule has 2 N–H and O–H groups in total. The lowest BCUT2D eigenvalue weighted by atomic mass is 10.1. The molecule has 0 spiro atoms. The number of aromatic nitrogens is 2. The molecule has 1 aromatic heterocycles. The predicted molar refractivity (Wildman–Crippen MR) is 67.3 cm³/mol. The Hall–Kier alpha value is -1.07. The summed E-state index contributed by atoms with van der Waals surface area (Å²) in [6, 6.07) is 0. The van der Waals surface area contributed by atoms with E-state index in [1.54, 1.807) is 13.1 Å². The fraction of sp³-hybridized carbons (Fsp3) is 0.545. The minimum absolute atomic E-state index is 0.0955. The third-order valence-corrected chi connectivity index (χ3v) is 2.13. The van der Waals surface area contributed by atoms with Gasteiger partial charge in [-0.15, -0.1) is 0 Å². The highest BCUT2D eigenvalue weighted by atomic mass is 32.1. The van der Waals surface area contributed by atoms with Crippen molar-refractivity contribution >= 4 is 17.2 Å². The van der Waals surface area contributed by atoms with Crippen molar-refractivity contribution in [3.63, 3.8) is 0 Å². The van der Waals surface area contributed by atoms with Crippen molar-refractivity contribution < 1.29 is 5.11 Å². The SMILES string of the molecule is CC(O)c1cnc(C(=S)NC(C)(C)C)cn1. The topological polar surface area (TPSA) is 58.0 Å². The van der Waals surface area contributed by atoms with Crippen LogP contribution in [-0.4, -0.2) is 25.6 Å². The maximum Gasteiger partial charge on any atom is 0.127 e. The number of nitrogens with zero attached hydrogens (tertiary/aromatic N) is 2. The van der Waals surface area contributed by atoms with Gasteiger partial charge in [-0.05, 0) is 27.7 Å². The summed E-state index contributed by atoms with van der Waals surface area (Å²) in [5.74, 6) is 0. The Labute approximate surface area is 101 Å². The van der Waals surface area contributed by atoms with Gasteiger partial charge in [0.25, 0.3) is 0 Å². The Morgan fingerprint density at radius 1 is 1.38 bits per heavy atom. The molecule has 16 heavy (non-hydrogen) atoms. The summed E-state index contributed by atoms with van der Waals surface area (Å²) in [7, 11) is 0. The lowest BCUT2D eigenvalue weighted by Gasteiger charge is -2.22. The highest BCUT2D eigenvalue weighted by Crippen LogP contribution is 2.08. The molecule has 0 bridgehead atoms. The van der Waals surface area contributed by atoms with Crippen LogP contribution in [0.3, 0.4) is 0 Å². The van der Waals surface area contributed by atoms with E-state index in [-0.39, 0.29) is 5.54 Å². The quantitative estimate of drug-likeness (QED) is 0.768. The van der Waals surface area contributed by atoms with E-state index in [0.717, 1.165) is 0 Å². The second kappa shape index (κ2) is 4.84. The van der Waals surface area contributed by atoms with Crippen molar-refractivity contribution in [2.24, 2.45) is 0 Å². The Bertz CT molecular complexity index is 368. The third-order valence-electron chi connectivity index (χ3n) is 1.82. The second-order valence-electron chi connectivity index (χ2n) is 4.71. The van der Waals surface area contributed by atoms with Gasteiger partial charge in [0, 0.05) is 5.54 Å². The molecule has 1 heterocycles. The monoisotopic (exact) mass is 239 g/mol. The van der Waals surface area contributed by atoms with Gasteiger partial charge in [-0.25, -0.2) is 0 Å². The molecule has 0 saturated heterocycles. The van der Waals surface area contributed by atoms with Gasteiger partial charge in [-0.2, -0.15) is 0 Å². The molecule has 0 aromatic carbocycles. The van der Waals surface area contributed by atoms with Gasteiger partial charge < -0.3 is 10.4 Å². The average Bonchev–Trinajstić information content (AvgIpc) is 2.15. The summed E-state index contributed by atoms with van der Waals surface area (Å²) in [6.45, 7) is 7.72. The van der Waals surface area contributed by atoms with Crippen molar-refractivity contribution in [1.29, 1.82) is 0 Å². The minimum atomic E-state index is -0.606. The largest absolute Gasteiger partial charge is 0.387 e. The van der Waals surface area contributed by atoms with Crippen LogP contribution in [0.2, 0.25) is 0 Å². The molecule has 0 saturated carbocycles. The standard InChI is InChI=1S/C11H17N3OS/c1-7(15)8-5-13-9(6-12-8)10(16)14-11(2,3)4/h5-7,15H,1-4H3,(H,14,16). The summed E-state index contributed by atoms with van der Waals surface area (Å²) >= 11 is 5.20. The van der Waals surface area contributed by atoms with Crippen molar-refractivity contribution in [3.8, 4) is 0 Å². The normalized spacial score (nSPS) is 13.3. The predicted octanol–water partition coefficient (Wildman–Crippen LogP) is 1.59. The lowest BCUT2D eigenvalue weighted by molar-refractivity contribution is 0.194. The van der Waals surface area contributed by atoms with Crippen molar-refractivity contribution in [3.05, 3.63) is 23.8 Å². The van der Waals surface area contributed by atoms with E-state index >= 15 is 0 Å². The van der Waals surface area contributed by atoms with Gasteiger partial charge in [0.05, 0.1) is 24.2 Å². The Morgan fingerprint density at radius 2 is 2.00 bits per heavy atom. The number of thiocarbonyl (C=S) groups is 1. The van der Waals surface area contributed by atoms with Gasteiger partial charge in [-0.3, -0.25) is 9.97 Å². The van der Waals surface area contributed by atoms with Crippen LogP contribution in [0.4, 0.5) is 0 Å². The number of hydrogen-bond donors (Lipinski definition) is 2. The highest BCUT2D eigenvalue weighted by Gasteiger charge is 2.13. The van der Waals surface area contributed by atoms with E-state index in [1.165, 1.54) is 6.20 Å². The van der Waals surface area contributed by atoms with Crippen molar-refractivity contribution in [2.75, 3.05) is 0 Å². The molecule has 1 atom stereocenters. The van der Waals surface area contributed by atoms with E-state index in [2.05, 4.69) is 15.3 Å². The van der Waals surface area contributed by atoms with Crippen molar-refractivity contribution in [2.45, 2.75) is 39.3 Å². The fourth-order valence-corrected chi connectivity index (χ4v) is 1.49. The summed E-state index contributed by atoms with van der Waals surface area (Å²) in [6.07, 6.45) is 2.51. The van der Waals surface area contributed by atoms with Crippen LogP contribution in [0.25, 0.3) is 0 Å². The van der Waals surface area contributed by atoms with Crippen LogP contribution < -0.4 is 5.32 Å². The minimum Gasteiger partial charge on any atom is -0.387 e. The van der Waals surface area contributed by atoms with Gasteiger partial charge >= 0.3 is 0 Å². The van der Waals surface area contributed by atoms with Crippen molar-refractivity contribution in [1.82, 2.24) is 15.3 Å². The Morgan fingerprint density at radius 3 is 2.38 bits per heavy atom. The Balaban J connectivity index is 2.78. The fourth-order valence-electron chi connectivity index (χ4n) is 1.08. The van der Waals surface area contributed by atoms with E-state index < -0.39 is 6.10 Å². The van der Waals surface area contributed by atoms with Crippen LogP contribution in [0.1, 0.15) is 45.2 Å². The first-order valence-corrected chi connectivity index (χ1v) is 5.53. The summed E-state index contributed by atoms with van der Waals surface area (Å²) in [4.78, 5) is 8.81. The molecule has 1 aromatic rings. The zero-order chi connectivity index (χ0) is 12.3.